The molecule has 2 aromatic rings. The van der Waals surface area contributed by atoms with Gasteiger partial charge in [0.2, 0.25) is 0 Å². The standard InChI is InChI=1S/C22H28N2O3/c1-4-27-22(26)21-15(2)20(16(3)23-21)19(25)14-24-12-10-18(11-13-24)17-8-6-5-7-9-17/h5-9,18,23H,4,10-14H2,1-3H3. The molecule has 3 rings (SSSR count). The Morgan fingerprint density at radius 1 is 1.15 bits per heavy atom. The SMILES string of the molecule is CCOC(=O)c1[nH]c(C)c(C(=O)CN2CCC(c3ccccc3)CC2)c1C. The highest BCUT2D eigenvalue weighted by Gasteiger charge is 2.26. The van der Waals surface area contributed by atoms with Crippen molar-refractivity contribution in [2.45, 2.75) is 39.5 Å². The highest BCUT2D eigenvalue weighted by molar-refractivity contribution is 6.03. The number of hydrogen-bond acceptors (Lipinski definition) is 4. The smallest absolute Gasteiger partial charge is 0.355 e. The van der Waals surface area contributed by atoms with E-state index in [-0.39, 0.29) is 5.78 Å². The van der Waals surface area contributed by atoms with Crippen LogP contribution in [-0.2, 0) is 4.74 Å². The summed E-state index contributed by atoms with van der Waals surface area (Å²) in [5.74, 6) is 0.236. The first-order valence-electron chi connectivity index (χ1n) is 9.68. The molecule has 5 heteroatoms. The lowest BCUT2D eigenvalue weighted by Crippen LogP contribution is -2.37. The summed E-state index contributed by atoms with van der Waals surface area (Å²) in [7, 11) is 0. The predicted molar refractivity (Wildman–Crippen MR) is 105 cm³/mol. The number of rotatable bonds is 6. The molecule has 0 bridgehead atoms. The Balaban J connectivity index is 1.62. The molecular formula is C22H28N2O3. The minimum absolute atomic E-state index is 0.0648. The van der Waals surface area contributed by atoms with Gasteiger partial charge in [-0.15, -0.1) is 0 Å². The fourth-order valence-electron chi connectivity index (χ4n) is 4.01. The van der Waals surface area contributed by atoms with Gasteiger partial charge in [-0.1, -0.05) is 30.3 Å². The number of carbonyl (C=O) groups is 2. The van der Waals surface area contributed by atoms with Gasteiger partial charge in [0.1, 0.15) is 5.69 Å². The van der Waals surface area contributed by atoms with Crippen LogP contribution >= 0.6 is 0 Å². The van der Waals surface area contributed by atoms with Gasteiger partial charge in [-0.3, -0.25) is 9.69 Å². The molecule has 0 saturated carbocycles. The van der Waals surface area contributed by atoms with Gasteiger partial charge in [0, 0.05) is 11.3 Å². The van der Waals surface area contributed by atoms with Crippen LogP contribution in [0.3, 0.4) is 0 Å². The summed E-state index contributed by atoms with van der Waals surface area (Å²) >= 11 is 0. The van der Waals surface area contributed by atoms with E-state index in [4.69, 9.17) is 4.74 Å². The third kappa shape index (κ3) is 4.30. The molecule has 27 heavy (non-hydrogen) atoms. The van der Waals surface area contributed by atoms with Crippen molar-refractivity contribution in [2.75, 3.05) is 26.2 Å². The molecule has 1 aliphatic heterocycles. The number of Topliss-reactive ketones (excluding diaryl/α,β-unsaturated/α-hetero) is 1. The van der Waals surface area contributed by atoms with Crippen LogP contribution in [0.1, 0.15) is 63.4 Å². The van der Waals surface area contributed by atoms with Gasteiger partial charge < -0.3 is 9.72 Å². The number of benzene rings is 1. The van der Waals surface area contributed by atoms with Crippen LogP contribution in [0.4, 0.5) is 0 Å². The van der Waals surface area contributed by atoms with Crippen molar-refractivity contribution >= 4 is 11.8 Å². The Hall–Kier alpha value is -2.40. The second-order valence-corrected chi connectivity index (χ2v) is 7.23. The number of esters is 1. The number of ether oxygens (including phenoxy) is 1. The Morgan fingerprint density at radius 2 is 1.81 bits per heavy atom. The lowest BCUT2D eigenvalue weighted by Gasteiger charge is -2.31. The Bertz CT molecular complexity index is 802. The average Bonchev–Trinajstić information content (AvgIpc) is 2.97. The summed E-state index contributed by atoms with van der Waals surface area (Å²) in [5, 5.41) is 0. The molecule has 5 nitrogen and oxygen atoms in total. The van der Waals surface area contributed by atoms with Crippen molar-refractivity contribution in [3.63, 3.8) is 0 Å². The second-order valence-electron chi connectivity index (χ2n) is 7.23. The molecule has 0 atom stereocenters. The van der Waals surface area contributed by atoms with Gasteiger partial charge in [0.25, 0.3) is 0 Å². The lowest BCUT2D eigenvalue weighted by atomic mass is 9.89. The monoisotopic (exact) mass is 368 g/mol. The van der Waals surface area contributed by atoms with E-state index in [2.05, 4.69) is 34.1 Å². The molecule has 0 radical (unpaired) electrons. The van der Waals surface area contributed by atoms with Crippen LogP contribution in [0.25, 0.3) is 0 Å². The van der Waals surface area contributed by atoms with Crippen molar-refractivity contribution in [2.24, 2.45) is 0 Å². The fraction of sp³-hybridized carbons (Fsp3) is 0.455. The Kier molecular flexibility index (Phi) is 6.11. The first-order valence-corrected chi connectivity index (χ1v) is 9.68. The molecule has 1 aromatic carbocycles. The summed E-state index contributed by atoms with van der Waals surface area (Å²) in [6.07, 6.45) is 2.13. The zero-order chi connectivity index (χ0) is 19.4. The predicted octanol–water partition coefficient (Wildman–Crippen LogP) is 3.87. The normalized spacial score (nSPS) is 15.7. The largest absolute Gasteiger partial charge is 0.461 e. The van der Waals surface area contributed by atoms with E-state index in [1.54, 1.807) is 6.92 Å². The molecule has 1 fully saturated rings. The number of aryl methyl sites for hydroxylation is 1. The van der Waals surface area contributed by atoms with Crippen LogP contribution in [0.5, 0.6) is 0 Å². The van der Waals surface area contributed by atoms with Crippen molar-refractivity contribution in [3.8, 4) is 0 Å². The van der Waals surface area contributed by atoms with Crippen molar-refractivity contribution < 1.29 is 14.3 Å². The highest BCUT2D eigenvalue weighted by Crippen LogP contribution is 2.28. The molecule has 2 heterocycles. The third-order valence-corrected chi connectivity index (χ3v) is 5.42. The van der Waals surface area contributed by atoms with E-state index >= 15 is 0 Å². The molecule has 0 aliphatic carbocycles. The summed E-state index contributed by atoms with van der Waals surface area (Å²) in [5.41, 5.74) is 3.83. The maximum atomic E-state index is 12.9. The molecular weight excluding hydrogens is 340 g/mol. The van der Waals surface area contributed by atoms with E-state index in [1.165, 1.54) is 5.56 Å². The summed E-state index contributed by atoms with van der Waals surface area (Å²) < 4.78 is 5.07. The van der Waals surface area contributed by atoms with Crippen molar-refractivity contribution in [3.05, 3.63) is 58.4 Å². The van der Waals surface area contributed by atoms with Crippen LogP contribution in [0.2, 0.25) is 0 Å². The third-order valence-electron chi connectivity index (χ3n) is 5.42. The first kappa shape index (κ1) is 19.4. The average molecular weight is 368 g/mol. The number of H-pyrrole nitrogens is 1. The van der Waals surface area contributed by atoms with Gasteiger partial charge in [-0.05, 0) is 63.7 Å². The van der Waals surface area contributed by atoms with E-state index in [9.17, 15) is 9.59 Å². The maximum Gasteiger partial charge on any atom is 0.355 e. The number of aromatic amines is 1. The van der Waals surface area contributed by atoms with Crippen LogP contribution < -0.4 is 0 Å². The minimum Gasteiger partial charge on any atom is -0.461 e. The molecule has 1 N–H and O–H groups in total. The number of piperidine rings is 1. The molecule has 1 aliphatic rings. The number of carbonyl (C=O) groups excluding carboxylic acids is 2. The van der Waals surface area contributed by atoms with Crippen molar-refractivity contribution in [1.29, 1.82) is 0 Å². The molecule has 1 saturated heterocycles. The Labute approximate surface area is 160 Å². The Morgan fingerprint density at radius 3 is 2.44 bits per heavy atom. The fourth-order valence-corrected chi connectivity index (χ4v) is 4.01. The minimum atomic E-state index is -0.402. The number of nitrogens with one attached hydrogen (secondary N) is 1. The molecule has 0 amide bonds. The number of ketones is 1. The zero-order valence-corrected chi connectivity index (χ0v) is 16.4. The first-order chi connectivity index (χ1) is 13.0. The second kappa shape index (κ2) is 8.53. The van der Waals surface area contributed by atoms with Crippen LogP contribution in [0.15, 0.2) is 30.3 Å². The van der Waals surface area contributed by atoms with Crippen molar-refractivity contribution in [1.82, 2.24) is 9.88 Å². The molecule has 1 aromatic heterocycles. The van der Waals surface area contributed by atoms with E-state index in [0.29, 0.717) is 35.9 Å². The van der Waals surface area contributed by atoms with E-state index < -0.39 is 5.97 Å². The molecule has 0 spiro atoms. The topological polar surface area (TPSA) is 62.4 Å². The summed E-state index contributed by atoms with van der Waals surface area (Å²) in [4.78, 5) is 30.2. The number of nitrogens with zero attached hydrogens (tertiary/aromatic N) is 1. The van der Waals surface area contributed by atoms with Crippen LogP contribution in [0, 0.1) is 13.8 Å². The van der Waals surface area contributed by atoms with Crippen LogP contribution in [-0.4, -0.2) is 47.9 Å². The highest BCUT2D eigenvalue weighted by atomic mass is 16.5. The van der Waals surface area contributed by atoms with Gasteiger partial charge >= 0.3 is 5.97 Å². The van der Waals surface area contributed by atoms with Gasteiger partial charge in [0.05, 0.1) is 13.2 Å². The number of likely N-dealkylation sites (tertiary alicyclic amines) is 1. The number of hydrogen-bond donors (Lipinski definition) is 1. The molecule has 0 unspecified atom stereocenters. The number of aromatic nitrogens is 1. The summed E-state index contributed by atoms with van der Waals surface area (Å²) in [6.45, 7) is 7.96. The van der Waals surface area contributed by atoms with E-state index in [1.807, 2.05) is 19.9 Å². The quantitative estimate of drug-likeness (QED) is 0.621. The van der Waals surface area contributed by atoms with Gasteiger partial charge in [-0.2, -0.15) is 0 Å². The van der Waals surface area contributed by atoms with Gasteiger partial charge in [-0.25, -0.2) is 4.79 Å². The molecule has 144 valence electrons. The zero-order valence-electron chi connectivity index (χ0n) is 16.4. The lowest BCUT2D eigenvalue weighted by molar-refractivity contribution is 0.0519. The van der Waals surface area contributed by atoms with E-state index in [0.717, 1.165) is 31.6 Å². The van der Waals surface area contributed by atoms with Gasteiger partial charge in [0.15, 0.2) is 5.78 Å². The maximum absolute atomic E-state index is 12.9. The summed E-state index contributed by atoms with van der Waals surface area (Å²) in [6, 6.07) is 10.6.